The van der Waals surface area contributed by atoms with Crippen molar-refractivity contribution in [3.63, 3.8) is 0 Å². The highest BCUT2D eigenvalue weighted by Crippen LogP contribution is 2.31. The van der Waals surface area contributed by atoms with Crippen molar-refractivity contribution in [2.24, 2.45) is 0 Å². The zero-order chi connectivity index (χ0) is 15.7. The van der Waals surface area contributed by atoms with Gasteiger partial charge in [-0.05, 0) is 12.1 Å². The molecule has 20 heavy (non-hydrogen) atoms. The lowest BCUT2D eigenvalue weighted by Crippen LogP contribution is -2.31. The van der Waals surface area contributed by atoms with Gasteiger partial charge in [0, 0.05) is 13.6 Å². The Bertz CT molecular complexity index is 718. The molecule has 0 aliphatic carbocycles. The summed E-state index contributed by atoms with van der Waals surface area (Å²) in [5.74, 6) is -0.733. The number of sulfonamides is 1. The lowest BCUT2D eigenvalue weighted by Gasteiger charge is -2.17. The highest BCUT2D eigenvalue weighted by atomic mass is 35.5. The summed E-state index contributed by atoms with van der Waals surface area (Å²) in [5, 5.41) is -0.123. The average molecular weight is 363 g/mol. The van der Waals surface area contributed by atoms with Crippen LogP contribution < -0.4 is 5.73 Å². The Morgan fingerprint density at radius 1 is 1.20 bits per heavy atom. The van der Waals surface area contributed by atoms with E-state index in [0.717, 1.165) is 17.4 Å². The van der Waals surface area contributed by atoms with Crippen molar-refractivity contribution in [1.29, 1.82) is 0 Å². The zero-order valence-corrected chi connectivity index (χ0v) is 13.4. The Morgan fingerprint density at radius 2 is 1.75 bits per heavy atom. The summed E-state index contributed by atoms with van der Waals surface area (Å²) in [7, 11) is -7.16. The molecule has 0 saturated heterocycles. The van der Waals surface area contributed by atoms with Gasteiger partial charge in [-0.1, -0.05) is 23.2 Å². The van der Waals surface area contributed by atoms with E-state index in [-0.39, 0.29) is 20.6 Å². The Morgan fingerprint density at radius 3 is 2.25 bits per heavy atom. The summed E-state index contributed by atoms with van der Waals surface area (Å²) in [6, 6.07) is 2.27. The van der Waals surface area contributed by atoms with Crippen LogP contribution in [0.1, 0.15) is 0 Å². The fourth-order valence-corrected chi connectivity index (χ4v) is 3.83. The van der Waals surface area contributed by atoms with Crippen molar-refractivity contribution in [1.82, 2.24) is 4.31 Å². The number of nitrogens with two attached hydrogens (primary N) is 1. The van der Waals surface area contributed by atoms with E-state index in [2.05, 4.69) is 0 Å². The maximum absolute atomic E-state index is 12.2. The highest BCUT2D eigenvalue weighted by Gasteiger charge is 2.25. The lowest BCUT2D eigenvalue weighted by atomic mass is 10.3. The van der Waals surface area contributed by atoms with Gasteiger partial charge >= 0.3 is 0 Å². The molecule has 0 aliphatic heterocycles. The molecular weight excluding hydrogens is 351 g/mol. The molecule has 3 N–H and O–H groups in total. The van der Waals surface area contributed by atoms with Crippen molar-refractivity contribution < 1.29 is 21.4 Å². The number of anilines is 1. The molecule has 0 spiro atoms. The van der Waals surface area contributed by atoms with Crippen LogP contribution in [0.15, 0.2) is 17.0 Å². The molecule has 0 bridgehead atoms. The highest BCUT2D eigenvalue weighted by molar-refractivity contribution is 7.89. The van der Waals surface area contributed by atoms with Crippen molar-refractivity contribution in [2.45, 2.75) is 4.90 Å². The summed E-state index contributed by atoms with van der Waals surface area (Å²) >= 11 is 11.6. The van der Waals surface area contributed by atoms with Gasteiger partial charge in [-0.15, -0.1) is 0 Å². The van der Waals surface area contributed by atoms with Crippen LogP contribution in [0.3, 0.4) is 0 Å². The Labute approximate surface area is 127 Å². The molecule has 1 aromatic rings. The molecule has 0 saturated carbocycles. The summed E-state index contributed by atoms with van der Waals surface area (Å²) in [6.07, 6.45) is 0. The number of hydrogen-bond donors (Lipinski definition) is 2. The van der Waals surface area contributed by atoms with Crippen molar-refractivity contribution in [3.05, 3.63) is 22.2 Å². The molecule has 0 amide bonds. The SMILES string of the molecule is CN(CCS(=O)(=O)O)S(=O)(=O)c1cc(Cl)c(N)cc1Cl. The molecule has 0 atom stereocenters. The fraction of sp³-hybridized carbons (Fsp3) is 0.333. The lowest BCUT2D eigenvalue weighted by molar-refractivity contribution is 0.459. The molecule has 1 rings (SSSR count). The number of rotatable bonds is 5. The van der Waals surface area contributed by atoms with E-state index in [0.29, 0.717) is 0 Å². The largest absolute Gasteiger partial charge is 0.397 e. The van der Waals surface area contributed by atoms with Crippen molar-refractivity contribution in [2.75, 3.05) is 25.1 Å². The van der Waals surface area contributed by atoms with E-state index < -0.39 is 32.4 Å². The van der Waals surface area contributed by atoms with Gasteiger partial charge in [0.15, 0.2) is 0 Å². The summed E-state index contributed by atoms with van der Waals surface area (Å²) in [5.41, 5.74) is 5.61. The molecule has 1 aromatic carbocycles. The molecular formula is C9H12Cl2N2O5S2. The minimum atomic E-state index is -4.27. The van der Waals surface area contributed by atoms with E-state index in [1.54, 1.807) is 0 Å². The molecule has 0 heterocycles. The van der Waals surface area contributed by atoms with Crippen LogP contribution >= 0.6 is 23.2 Å². The van der Waals surface area contributed by atoms with Crippen LogP contribution in [-0.4, -0.2) is 45.0 Å². The van der Waals surface area contributed by atoms with Crippen LogP contribution in [0.5, 0.6) is 0 Å². The molecule has 0 aromatic heterocycles. The first-order valence-electron chi connectivity index (χ1n) is 5.11. The van der Waals surface area contributed by atoms with E-state index in [9.17, 15) is 16.8 Å². The first-order valence-corrected chi connectivity index (χ1v) is 8.91. The van der Waals surface area contributed by atoms with Crippen LogP contribution in [0.4, 0.5) is 5.69 Å². The monoisotopic (exact) mass is 362 g/mol. The predicted molar refractivity (Wildman–Crippen MR) is 77.1 cm³/mol. The topological polar surface area (TPSA) is 118 Å². The van der Waals surface area contributed by atoms with Gasteiger partial charge in [-0.2, -0.15) is 12.7 Å². The average Bonchev–Trinajstić information content (AvgIpc) is 2.29. The van der Waals surface area contributed by atoms with Crippen LogP contribution in [0.25, 0.3) is 0 Å². The normalized spacial score (nSPS) is 12.8. The number of halogens is 2. The van der Waals surface area contributed by atoms with Crippen LogP contribution in [0.2, 0.25) is 10.0 Å². The maximum Gasteiger partial charge on any atom is 0.266 e. The fourth-order valence-electron chi connectivity index (χ4n) is 1.27. The third-order valence-electron chi connectivity index (χ3n) is 2.40. The van der Waals surface area contributed by atoms with Gasteiger partial charge in [0.1, 0.15) is 4.90 Å². The summed E-state index contributed by atoms with van der Waals surface area (Å²) in [4.78, 5) is -0.295. The van der Waals surface area contributed by atoms with Gasteiger partial charge in [0.25, 0.3) is 10.1 Å². The summed E-state index contributed by atoms with van der Waals surface area (Å²) < 4.78 is 55.0. The van der Waals surface area contributed by atoms with Gasteiger partial charge in [0.05, 0.1) is 21.5 Å². The van der Waals surface area contributed by atoms with Crippen LogP contribution in [-0.2, 0) is 20.1 Å². The molecule has 0 fully saturated rings. The van der Waals surface area contributed by atoms with Gasteiger partial charge in [-0.25, -0.2) is 8.42 Å². The number of benzene rings is 1. The second-order valence-electron chi connectivity index (χ2n) is 3.92. The quantitative estimate of drug-likeness (QED) is 0.597. The maximum atomic E-state index is 12.2. The van der Waals surface area contributed by atoms with E-state index >= 15 is 0 Å². The molecule has 0 aliphatic rings. The zero-order valence-electron chi connectivity index (χ0n) is 10.2. The van der Waals surface area contributed by atoms with E-state index in [1.807, 2.05) is 0 Å². The Kier molecular flexibility index (Phi) is 5.28. The van der Waals surface area contributed by atoms with E-state index in [4.69, 9.17) is 33.5 Å². The smallest absolute Gasteiger partial charge is 0.266 e. The minimum Gasteiger partial charge on any atom is -0.397 e. The second kappa shape index (κ2) is 6.04. The number of nitrogen functional groups attached to an aromatic ring is 1. The molecule has 0 unspecified atom stereocenters. The van der Waals surface area contributed by atoms with Crippen molar-refractivity contribution >= 4 is 49.0 Å². The van der Waals surface area contributed by atoms with Crippen molar-refractivity contribution in [3.8, 4) is 0 Å². The van der Waals surface area contributed by atoms with Gasteiger partial charge in [0.2, 0.25) is 10.0 Å². The number of nitrogens with zero attached hydrogens (tertiary/aromatic N) is 1. The first kappa shape index (κ1) is 17.5. The van der Waals surface area contributed by atoms with E-state index in [1.165, 1.54) is 6.07 Å². The van der Waals surface area contributed by atoms with Gasteiger partial charge < -0.3 is 5.73 Å². The third-order valence-corrected chi connectivity index (χ3v) is 5.75. The van der Waals surface area contributed by atoms with Gasteiger partial charge in [-0.3, -0.25) is 4.55 Å². The molecule has 114 valence electrons. The Balaban J connectivity index is 3.14. The molecule has 11 heteroatoms. The summed E-state index contributed by atoms with van der Waals surface area (Å²) in [6.45, 7) is -0.431. The first-order chi connectivity index (χ1) is 8.95. The molecule has 0 radical (unpaired) electrons. The second-order valence-corrected chi connectivity index (χ2v) is 8.32. The molecule has 7 nitrogen and oxygen atoms in total. The standard InChI is InChI=1S/C9H12Cl2N2O5S2/c1-13(2-3-19(14,15)16)20(17,18)9-5-6(10)8(12)4-7(9)11/h4-5H,2-3,12H2,1H3,(H,14,15,16). The Hall–Kier alpha value is -0.580. The predicted octanol–water partition coefficient (Wildman–Crippen LogP) is 1.08. The third kappa shape index (κ3) is 4.21. The number of hydrogen-bond acceptors (Lipinski definition) is 5. The minimum absolute atomic E-state index is 0.0103. The van der Waals surface area contributed by atoms with Crippen LogP contribution in [0, 0.1) is 0 Å².